The van der Waals surface area contributed by atoms with Gasteiger partial charge in [0.05, 0.1) is 38.7 Å². The lowest BCUT2D eigenvalue weighted by Crippen LogP contribution is -2.26. The molecule has 1 aliphatic heterocycles. The smallest absolute Gasteiger partial charge is 0.264 e. The summed E-state index contributed by atoms with van der Waals surface area (Å²) in [5.74, 6) is -0.133. The van der Waals surface area contributed by atoms with E-state index in [4.69, 9.17) is 9.97 Å². The molecule has 7 aromatic rings. The minimum absolute atomic E-state index is 0.0330. The Labute approximate surface area is 274 Å². The molecule has 12 heteroatoms. The van der Waals surface area contributed by atoms with Gasteiger partial charge in [0.15, 0.2) is 5.78 Å². The molecule has 4 heterocycles. The van der Waals surface area contributed by atoms with E-state index in [0.29, 0.717) is 51.7 Å². The summed E-state index contributed by atoms with van der Waals surface area (Å²) in [7, 11) is -4.34. The summed E-state index contributed by atoms with van der Waals surface area (Å²) in [5, 5.41) is 5.84. The Morgan fingerprint density at radius 2 is 1.62 bits per heavy atom. The van der Waals surface area contributed by atoms with Gasteiger partial charge in [-0.25, -0.2) is 18.4 Å². The molecule has 1 amide bonds. The maximum absolute atomic E-state index is 14.2. The quantitative estimate of drug-likeness (QED) is 0.116. The SMILES string of the molecule is CCCCCC(=O)c1ccc2nc3c4ccc5c6c(ccc(c(=O)n3c2c1)c64)-c1nc2ccc(C(=O)NCCCS(=O)(=O)[O-])cc2n1C5. The van der Waals surface area contributed by atoms with Crippen LogP contribution in [0.3, 0.4) is 0 Å². The summed E-state index contributed by atoms with van der Waals surface area (Å²) in [6.07, 6.45) is 3.37. The first-order valence-corrected chi connectivity index (χ1v) is 17.6. The second kappa shape index (κ2) is 11.2. The lowest BCUT2D eigenvalue weighted by Gasteiger charge is -2.21. The first-order chi connectivity index (χ1) is 23.1. The number of benzene rings is 4. The highest BCUT2D eigenvalue weighted by Crippen LogP contribution is 2.42. The van der Waals surface area contributed by atoms with E-state index < -0.39 is 15.9 Å². The first kappa shape index (κ1) is 30.2. The Morgan fingerprint density at radius 1 is 0.875 bits per heavy atom. The average molecular weight is 661 g/mol. The van der Waals surface area contributed by atoms with Crippen molar-refractivity contribution in [1.82, 2.24) is 24.3 Å². The second-order valence-corrected chi connectivity index (χ2v) is 14.0. The maximum atomic E-state index is 14.2. The van der Waals surface area contributed by atoms with Crippen molar-refractivity contribution in [3.05, 3.63) is 87.7 Å². The van der Waals surface area contributed by atoms with Gasteiger partial charge < -0.3 is 14.4 Å². The number of fused-ring (bicyclic) bond motifs is 8. The summed E-state index contributed by atoms with van der Waals surface area (Å²) in [6.45, 7) is 2.64. The molecule has 0 bridgehead atoms. The van der Waals surface area contributed by atoms with E-state index in [9.17, 15) is 27.4 Å². The van der Waals surface area contributed by atoms with Crippen molar-refractivity contribution in [2.75, 3.05) is 12.3 Å². The van der Waals surface area contributed by atoms with Gasteiger partial charge in [-0.3, -0.25) is 18.8 Å². The van der Waals surface area contributed by atoms with Crippen molar-refractivity contribution in [3.8, 4) is 11.4 Å². The van der Waals surface area contributed by atoms with Crippen molar-refractivity contribution >= 4 is 71.1 Å². The Kier molecular flexibility index (Phi) is 7.04. The molecule has 0 fully saturated rings. The number of amides is 1. The van der Waals surface area contributed by atoms with Crippen LogP contribution >= 0.6 is 0 Å². The number of nitrogens with one attached hydrogen (secondary N) is 1. The van der Waals surface area contributed by atoms with Crippen LogP contribution in [0.15, 0.2) is 65.5 Å². The largest absolute Gasteiger partial charge is 0.748 e. The van der Waals surface area contributed by atoms with Crippen LogP contribution in [0.4, 0.5) is 0 Å². The number of unbranched alkanes of at least 4 members (excludes halogenated alkanes) is 2. The van der Waals surface area contributed by atoms with Gasteiger partial charge in [0, 0.05) is 51.6 Å². The van der Waals surface area contributed by atoms with E-state index in [1.165, 1.54) is 0 Å². The van der Waals surface area contributed by atoms with Gasteiger partial charge >= 0.3 is 0 Å². The van der Waals surface area contributed by atoms with Gasteiger partial charge in [-0.2, -0.15) is 0 Å². The Bertz CT molecular complexity index is 2660. The van der Waals surface area contributed by atoms with Crippen molar-refractivity contribution < 1.29 is 22.6 Å². The fourth-order valence-corrected chi connectivity index (χ4v) is 7.54. The van der Waals surface area contributed by atoms with Gasteiger partial charge in [0.2, 0.25) is 0 Å². The van der Waals surface area contributed by atoms with Crippen LogP contribution in [0.1, 0.15) is 65.3 Å². The fourth-order valence-electron chi connectivity index (χ4n) is 7.04. The standard InChI is InChI=1S/C36H31N5O6S/c1-2-3-4-6-30(42)20-8-13-27-29(17-20)41-34(39-27)24-10-7-22-19-40-28-18-21(35(43)37-15-5-16-48(45,46)47)9-14-26(28)38-33(40)23-11-12-25(36(41)44)32(24)31(22)23/h7-14,17-18H,2-6,15-16,19H2,1H3,(H,37,43)(H,45,46,47)/p-1. The summed E-state index contributed by atoms with van der Waals surface area (Å²) in [4.78, 5) is 49.7. The van der Waals surface area contributed by atoms with E-state index in [1.807, 2.05) is 30.3 Å². The van der Waals surface area contributed by atoms with Crippen LogP contribution in [0.2, 0.25) is 0 Å². The van der Waals surface area contributed by atoms with Crippen LogP contribution in [0, 0.1) is 0 Å². The highest BCUT2D eigenvalue weighted by atomic mass is 32.2. The molecule has 8 rings (SSSR count). The molecule has 0 spiro atoms. The van der Waals surface area contributed by atoms with Gasteiger partial charge in [-0.05, 0) is 72.3 Å². The normalized spacial score (nSPS) is 12.9. The molecule has 0 saturated carbocycles. The molecule has 3 aromatic heterocycles. The number of aromatic nitrogens is 4. The van der Waals surface area contributed by atoms with Gasteiger partial charge in [-0.15, -0.1) is 0 Å². The molecule has 0 unspecified atom stereocenters. The van der Waals surface area contributed by atoms with E-state index in [2.05, 4.69) is 16.8 Å². The van der Waals surface area contributed by atoms with Crippen molar-refractivity contribution in [2.45, 2.75) is 45.6 Å². The second-order valence-electron chi connectivity index (χ2n) is 12.4. The number of Topliss-reactive ketones (excluding diaryl/α,β-unsaturated/α-hetero) is 1. The molecule has 48 heavy (non-hydrogen) atoms. The zero-order valence-corrected chi connectivity index (χ0v) is 26.9. The number of carbonyl (C=O) groups is 2. The molecule has 1 N–H and O–H groups in total. The number of pyridine rings is 1. The Morgan fingerprint density at radius 3 is 2.42 bits per heavy atom. The number of rotatable bonds is 10. The van der Waals surface area contributed by atoms with E-state index in [1.54, 1.807) is 34.7 Å². The van der Waals surface area contributed by atoms with Crippen molar-refractivity contribution in [2.24, 2.45) is 0 Å². The minimum Gasteiger partial charge on any atom is -0.748 e. The summed E-state index contributed by atoms with van der Waals surface area (Å²) in [5.41, 5.74) is 5.93. The van der Waals surface area contributed by atoms with Gasteiger partial charge in [-0.1, -0.05) is 31.9 Å². The molecule has 0 aliphatic carbocycles. The highest BCUT2D eigenvalue weighted by Gasteiger charge is 2.26. The number of hydrogen-bond donors (Lipinski definition) is 1. The fraction of sp³-hybridized carbons (Fsp3) is 0.250. The predicted molar refractivity (Wildman–Crippen MR) is 183 cm³/mol. The third-order valence-electron chi connectivity index (χ3n) is 9.34. The minimum atomic E-state index is -4.34. The summed E-state index contributed by atoms with van der Waals surface area (Å²) < 4.78 is 36.3. The van der Waals surface area contributed by atoms with Crippen molar-refractivity contribution in [3.63, 3.8) is 0 Å². The molecular formula is C36H30N5O6S-. The molecule has 0 atom stereocenters. The van der Waals surface area contributed by atoms with Crippen LogP contribution in [0.25, 0.3) is 60.6 Å². The molecular weight excluding hydrogens is 630 g/mol. The van der Waals surface area contributed by atoms with Crippen LogP contribution in [-0.4, -0.2) is 55.9 Å². The third-order valence-corrected chi connectivity index (χ3v) is 10.1. The zero-order chi connectivity index (χ0) is 33.3. The number of hydrogen-bond acceptors (Lipinski definition) is 8. The molecule has 1 aliphatic rings. The van der Waals surface area contributed by atoms with Crippen molar-refractivity contribution in [1.29, 1.82) is 0 Å². The maximum Gasteiger partial charge on any atom is 0.264 e. The first-order valence-electron chi connectivity index (χ1n) is 16.0. The molecule has 4 aromatic carbocycles. The van der Waals surface area contributed by atoms with E-state index >= 15 is 0 Å². The number of ketones is 1. The Hall–Kier alpha value is -5.20. The van der Waals surface area contributed by atoms with Crippen LogP contribution < -0.4 is 10.9 Å². The van der Waals surface area contributed by atoms with Gasteiger partial charge in [0.25, 0.3) is 11.5 Å². The average Bonchev–Trinajstić information content (AvgIpc) is 3.64. The monoisotopic (exact) mass is 660 g/mol. The molecule has 0 saturated heterocycles. The lowest BCUT2D eigenvalue weighted by molar-refractivity contribution is 0.0951. The van der Waals surface area contributed by atoms with E-state index in [-0.39, 0.29) is 30.2 Å². The van der Waals surface area contributed by atoms with E-state index in [0.717, 1.165) is 57.9 Å². The molecule has 0 radical (unpaired) electrons. The van der Waals surface area contributed by atoms with Gasteiger partial charge in [0.1, 0.15) is 11.5 Å². The Balaban J connectivity index is 1.22. The summed E-state index contributed by atoms with van der Waals surface area (Å²) in [6, 6.07) is 18.4. The number of nitrogens with zero attached hydrogens (tertiary/aromatic N) is 4. The molecule has 242 valence electrons. The number of imidazole rings is 2. The third kappa shape index (κ3) is 4.82. The van der Waals surface area contributed by atoms with Crippen LogP contribution in [-0.2, 0) is 16.7 Å². The van der Waals surface area contributed by atoms with Crippen LogP contribution in [0.5, 0.6) is 0 Å². The lowest BCUT2D eigenvalue weighted by atomic mass is 9.91. The number of carbonyl (C=O) groups excluding carboxylic acids is 2. The highest BCUT2D eigenvalue weighted by molar-refractivity contribution is 7.85. The predicted octanol–water partition coefficient (Wildman–Crippen LogP) is 5.40. The topological polar surface area (TPSA) is 156 Å². The molecule has 11 nitrogen and oxygen atoms in total. The zero-order valence-electron chi connectivity index (χ0n) is 26.1. The summed E-state index contributed by atoms with van der Waals surface area (Å²) >= 11 is 0.